The van der Waals surface area contributed by atoms with Crippen molar-refractivity contribution in [2.75, 3.05) is 19.4 Å². The van der Waals surface area contributed by atoms with Gasteiger partial charge in [-0.2, -0.15) is 0 Å². The zero-order chi connectivity index (χ0) is 21.2. The Bertz CT molecular complexity index is 1360. The smallest absolute Gasteiger partial charge is 0.257 e. The number of hydrogen-bond acceptors (Lipinski definition) is 5. The fourth-order valence-electron chi connectivity index (χ4n) is 3.70. The van der Waals surface area contributed by atoms with E-state index in [-0.39, 0.29) is 23.0 Å². The number of amides is 1. The lowest BCUT2D eigenvalue weighted by molar-refractivity contribution is 0.0704. The Morgan fingerprint density at radius 3 is 2.87 bits per heavy atom. The first kappa shape index (κ1) is 18.6. The van der Waals surface area contributed by atoms with Gasteiger partial charge in [0.25, 0.3) is 5.91 Å². The van der Waals surface area contributed by atoms with E-state index in [1.165, 1.54) is 42.7 Å². The van der Waals surface area contributed by atoms with Gasteiger partial charge in [-0.3, -0.25) is 9.20 Å². The van der Waals surface area contributed by atoms with Crippen molar-refractivity contribution < 1.29 is 18.3 Å². The summed E-state index contributed by atoms with van der Waals surface area (Å²) in [4.78, 5) is 22.7. The molecule has 152 valence electrons. The molecule has 0 saturated carbocycles. The minimum absolute atomic E-state index is 0.0758. The van der Waals surface area contributed by atoms with Crippen molar-refractivity contribution in [3.05, 3.63) is 64.6 Å². The molecule has 0 spiro atoms. The Morgan fingerprint density at radius 1 is 1.27 bits per heavy atom. The molecule has 5 rings (SSSR count). The summed E-state index contributed by atoms with van der Waals surface area (Å²) in [5, 5.41) is -0.0758. The molecule has 0 fully saturated rings. The van der Waals surface area contributed by atoms with Gasteiger partial charge in [-0.25, -0.2) is 18.7 Å². The fourth-order valence-corrected chi connectivity index (χ4v) is 3.87. The number of rotatable bonds is 2. The Labute approximate surface area is 173 Å². The largest absolute Gasteiger partial charge is 0.491 e. The highest BCUT2D eigenvalue weighted by Gasteiger charge is 2.33. The van der Waals surface area contributed by atoms with Crippen LogP contribution in [0.2, 0.25) is 5.02 Å². The van der Waals surface area contributed by atoms with Crippen LogP contribution in [0, 0.1) is 11.6 Å². The second-order valence-electron chi connectivity index (χ2n) is 7.01. The van der Waals surface area contributed by atoms with Crippen LogP contribution in [0.15, 0.2) is 36.8 Å². The number of carbonyl (C=O) groups is 1. The summed E-state index contributed by atoms with van der Waals surface area (Å²) in [7, 11) is 1.53. The first-order valence-corrected chi connectivity index (χ1v) is 9.32. The van der Waals surface area contributed by atoms with Gasteiger partial charge in [0.05, 0.1) is 40.2 Å². The number of anilines is 1. The van der Waals surface area contributed by atoms with E-state index in [4.69, 9.17) is 22.1 Å². The molecule has 0 unspecified atom stereocenters. The Kier molecular flexibility index (Phi) is 4.04. The highest BCUT2D eigenvalue weighted by atomic mass is 35.5. The first-order valence-electron chi connectivity index (χ1n) is 8.95. The van der Waals surface area contributed by atoms with E-state index in [1.54, 1.807) is 4.40 Å². The van der Waals surface area contributed by atoms with Crippen LogP contribution in [0.3, 0.4) is 0 Å². The van der Waals surface area contributed by atoms with Crippen LogP contribution >= 0.6 is 11.6 Å². The molecule has 2 N–H and O–H groups in total. The zero-order valence-corrected chi connectivity index (χ0v) is 16.3. The van der Waals surface area contributed by atoms with Gasteiger partial charge in [0, 0.05) is 24.7 Å². The Balaban J connectivity index is 1.58. The summed E-state index contributed by atoms with van der Waals surface area (Å²) in [6, 6.07) is 4.64. The van der Waals surface area contributed by atoms with Gasteiger partial charge in [0.15, 0.2) is 0 Å². The zero-order valence-electron chi connectivity index (χ0n) is 15.6. The van der Waals surface area contributed by atoms with Gasteiger partial charge in [-0.1, -0.05) is 11.6 Å². The number of halogens is 3. The lowest BCUT2D eigenvalue weighted by atomic mass is 10.1. The number of ether oxygens (including phenoxy) is 1. The SMILES string of the molecule is CN(C(=O)c1cc2c(cc1F)nc(N)c1cncn12)[C@@H]1COc2cc(F)c(Cl)cc21. The third-order valence-corrected chi connectivity index (χ3v) is 5.58. The topological polar surface area (TPSA) is 85.8 Å². The van der Waals surface area contributed by atoms with E-state index in [1.807, 2.05) is 0 Å². The van der Waals surface area contributed by atoms with Crippen LogP contribution in [0.4, 0.5) is 14.6 Å². The molecule has 0 radical (unpaired) electrons. The maximum Gasteiger partial charge on any atom is 0.257 e. The van der Waals surface area contributed by atoms with Gasteiger partial charge in [-0.15, -0.1) is 0 Å². The maximum atomic E-state index is 14.8. The van der Waals surface area contributed by atoms with Gasteiger partial charge in [0.2, 0.25) is 0 Å². The molecule has 4 aromatic rings. The molecule has 0 saturated heterocycles. The monoisotopic (exact) mass is 429 g/mol. The van der Waals surface area contributed by atoms with Crippen molar-refractivity contribution in [3.63, 3.8) is 0 Å². The van der Waals surface area contributed by atoms with Crippen molar-refractivity contribution in [1.82, 2.24) is 19.3 Å². The first-order chi connectivity index (χ1) is 14.3. The van der Waals surface area contributed by atoms with E-state index in [9.17, 15) is 13.6 Å². The molecule has 7 nitrogen and oxygen atoms in total. The quantitative estimate of drug-likeness (QED) is 0.526. The number of imidazole rings is 1. The maximum absolute atomic E-state index is 14.8. The van der Waals surface area contributed by atoms with Crippen molar-refractivity contribution in [1.29, 1.82) is 0 Å². The molecule has 1 amide bonds. The van der Waals surface area contributed by atoms with Crippen LogP contribution in [0.5, 0.6) is 5.75 Å². The van der Waals surface area contributed by atoms with Crippen molar-refractivity contribution in [3.8, 4) is 5.75 Å². The van der Waals surface area contributed by atoms with Crippen LogP contribution in [0.25, 0.3) is 16.6 Å². The van der Waals surface area contributed by atoms with Gasteiger partial charge < -0.3 is 15.4 Å². The van der Waals surface area contributed by atoms with E-state index in [0.717, 1.165) is 6.07 Å². The molecule has 3 heterocycles. The Hall–Kier alpha value is -3.46. The minimum atomic E-state index is -0.734. The molecule has 0 bridgehead atoms. The number of aromatic nitrogens is 3. The number of fused-ring (bicyclic) bond motifs is 4. The van der Waals surface area contributed by atoms with Crippen molar-refractivity contribution >= 4 is 39.9 Å². The fraction of sp³-hybridized carbons (Fsp3) is 0.150. The summed E-state index contributed by atoms with van der Waals surface area (Å²) in [5.41, 5.74) is 7.65. The van der Waals surface area contributed by atoms with Gasteiger partial charge in [-0.05, 0) is 12.1 Å². The minimum Gasteiger partial charge on any atom is -0.491 e. The number of hydrogen-bond donors (Lipinski definition) is 1. The molecular weight excluding hydrogens is 416 g/mol. The molecule has 1 atom stereocenters. The normalized spacial score (nSPS) is 15.4. The molecule has 30 heavy (non-hydrogen) atoms. The highest BCUT2D eigenvalue weighted by molar-refractivity contribution is 6.30. The van der Waals surface area contributed by atoms with E-state index < -0.39 is 23.6 Å². The molecular formula is C20H14ClF2N5O2. The second-order valence-corrected chi connectivity index (χ2v) is 7.42. The average Bonchev–Trinajstić information content (AvgIpc) is 3.35. The summed E-state index contributed by atoms with van der Waals surface area (Å²) in [5.74, 6) is -1.40. The number of benzene rings is 2. The number of nitrogen functional groups attached to an aromatic ring is 1. The highest BCUT2D eigenvalue weighted by Crippen LogP contribution is 2.39. The summed E-state index contributed by atoms with van der Waals surface area (Å²) in [6.07, 6.45) is 3.05. The number of nitrogens with zero attached hydrogens (tertiary/aromatic N) is 4. The van der Waals surface area contributed by atoms with Crippen LogP contribution in [0.1, 0.15) is 22.0 Å². The van der Waals surface area contributed by atoms with Crippen LogP contribution < -0.4 is 10.5 Å². The molecule has 0 aliphatic carbocycles. The number of likely N-dealkylation sites (N-methyl/N-ethyl adjacent to an activating group) is 1. The van der Waals surface area contributed by atoms with Gasteiger partial charge >= 0.3 is 0 Å². The Morgan fingerprint density at radius 2 is 2.07 bits per heavy atom. The van der Waals surface area contributed by atoms with Crippen molar-refractivity contribution in [2.24, 2.45) is 0 Å². The van der Waals surface area contributed by atoms with Crippen LogP contribution in [-0.4, -0.2) is 38.8 Å². The van der Waals surface area contributed by atoms with E-state index >= 15 is 0 Å². The molecule has 2 aromatic carbocycles. The van der Waals surface area contributed by atoms with E-state index in [0.29, 0.717) is 27.9 Å². The summed E-state index contributed by atoms with van der Waals surface area (Å²) in [6.45, 7) is 0.108. The molecule has 2 aromatic heterocycles. The standard InChI is InChI=1S/C20H14ClF2N5O2/c1-27(17-7-30-18-5-13(23)11(21)2-10(17)18)20(29)9-3-15-14(4-12(9)22)26-19(24)16-6-25-8-28(15)16/h2-6,8,17H,7H2,1H3,(H2,24,26)/t17-/m1/s1. The van der Waals surface area contributed by atoms with Crippen molar-refractivity contribution in [2.45, 2.75) is 6.04 Å². The predicted molar refractivity (Wildman–Crippen MR) is 107 cm³/mol. The number of carbonyl (C=O) groups excluding carboxylic acids is 1. The third kappa shape index (κ3) is 2.66. The van der Waals surface area contributed by atoms with Crippen LogP contribution in [-0.2, 0) is 0 Å². The molecule has 1 aliphatic heterocycles. The average molecular weight is 430 g/mol. The predicted octanol–water partition coefficient (Wildman–Crippen LogP) is 3.60. The lowest BCUT2D eigenvalue weighted by Crippen LogP contribution is -2.32. The second kappa shape index (κ2) is 6.53. The van der Waals surface area contributed by atoms with E-state index in [2.05, 4.69) is 9.97 Å². The molecule has 10 heteroatoms. The summed E-state index contributed by atoms with van der Waals surface area (Å²) >= 11 is 5.89. The summed E-state index contributed by atoms with van der Waals surface area (Å²) < 4.78 is 35.7. The lowest BCUT2D eigenvalue weighted by Gasteiger charge is -2.24. The van der Waals surface area contributed by atoms with Gasteiger partial charge in [0.1, 0.15) is 35.3 Å². The third-order valence-electron chi connectivity index (χ3n) is 5.29. The number of nitrogens with two attached hydrogens (primary N) is 1. The molecule has 1 aliphatic rings.